The lowest BCUT2D eigenvalue weighted by Gasteiger charge is -2.24. The second-order valence-electron chi connectivity index (χ2n) is 4.17. The summed E-state index contributed by atoms with van der Waals surface area (Å²) in [4.78, 5) is 5.79. The maximum atomic E-state index is 4.46. The summed E-state index contributed by atoms with van der Waals surface area (Å²) in [6.45, 7) is 5.30. The minimum absolute atomic E-state index is 0.990. The van der Waals surface area contributed by atoms with Gasteiger partial charge in [-0.05, 0) is 26.2 Å². The predicted octanol–water partition coefficient (Wildman–Crippen LogP) is 3.36. The van der Waals surface area contributed by atoms with Crippen molar-refractivity contribution in [3.8, 4) is 0 Å². The van der Waals surface area contributed by atoms with Gasteiger partial charge in [0.2, 0.25) is 0 Å². The molecule has 1 aliphatic carbocycles. The Kier molecular flexibility index (Phi) is 3.06. The Balaban J connectivity index is 1.74. The summed E-state index contributed by atoms with van der Waals surface area (Å²) in [5, 5.41) is 4.51. The molecule has 1 aromatic rings. The van der Waals surface area contributed by atoms with E-state index < -0.39 is 0 Å². The molecular formula is C11H18N2S. The first-order valence-corrected chi connectivity index (χ1v) is 6.25. The summed E-state index contributed by atoms with van der Waals surface area (Å²) < 4.78 is 0. The third-order valence-corrected chi connectivity index (χ3v) is 4.11. The van der Waals surface area contributed by atoms with Gasteiger partial charge in [-0.2, -0.15) is 0 Å². The maximum Gasteiger partial charge on any atom is 0.183 e. The lowest BCUT2D eigenvalue weighted by atomic mass is 9.83. The van der Waals surface area contributed by atoms with Gasteiger partial charge in [0.25, 0.3) is 0 Å². The van der Waals surface area contributed by atoms with Gasteiger partial charge in [0.15, 0.2) is 5.13 Å². The highest BCUT2D eigenvalue weighted by Crippen LogP contribution is 2.29. The quantitative estimate of drug-likeness (QED) is 0.824. The largest absolute Gasteiger partial charge is 0.361 e. The highest BCUT2D eigenvalue weighted by Gasteiger charge is 2.16. The molecule has 0 aromatic carbocycles. The number of nitrogens with zero attached hydrogens (tertiary/aromatic N) is 1. The highest BCUT2D eigenvalue weighted by molar-refractivity contribution is 7.15. The molecule has 2 rings (SSSR count). The van der Waals surface area contributed by atoms with E-state index in [-0.39, 0.29) is 0 Å². The Morgan fingerprint density at radius 1 is 1.43 bits per heavy atom. The van der Waals surface area contributed by atoms with Crippen molar-refractivity contribution in [2.24, 2.45) is 5.92 Å². The van der Waals surface area contributed by atoms with Crippen LogP contribution in [0, 0.1) is 19.8 Å². The fraction of sp³-hybridized carbons (Fsp3) is 0.727. The average molecular weight is 210 g/mol. The lowest BCUT2D eigenvalue weighted by Crippen LogP contribution is -2.15. The molecule has 1 N–H and O–H groups in total. The van der Waals surface area contributed by atoms with Crippen molar-refractivity contribution in [3.63, 3.8) is 0 Å². The molecule has 3 heteroatoms. The van der Waals surface area contributed by atoms with Gasteiger partial charge >= 0.3 is 0 Å². The van der Waals surface area contributed by atoms with Gasteiger partial charge < -0.3 is 5.32 Å². The van der Waals surface area contributed by atoms with Crippen LogP contribution in [-0.2, 0) is 0 Å². The number of thiazole rings is 1. The van der Waals surface area contributed by atoms with E-state index in [1.54, 1.807) is 11.3 Å². The van der Waals surface area contributed by atoms with Crippen LogP contribution < -0.4 is 5.32 Å². The molecule has 1 heterocycles. The van der Waals surface area contributed by atoms with Crippen LogP contribution >= 0.6 is 11.3 Å². The number of aryl methyl sites for hydroxylation is 2. The van der Waals surface area contributed by atoms with E-state index in [1.165, 1.54) is 36.3 Å². The Morgan fingerprint density at radius 3 is 2.71 bits per heavy atom. The van der Waals surface area contributed by atoms with Crippen LogP contribution in [0.4, 0.5) is 5.13 Å². The van der Waals surface area contributed by atoms with Gasteiger partial charge in [0.05, 0.1) is 5.69 Å². The van der Waals surface area contributed by atoms with Crippen LogP contribution in [0.15, 0.2) is 0 Å². The first-order valence-electron chi connectivity index (χ1n) is 5.43. The van der Waals surface area contributed by atoms with Crippen molar-refractivity contribution in [2.45, 2.75) is 39.5 Å². The minimum atomic E-state index is 0.990. The van der Waals surface area contributed by atoms with Crippen LogP contribution in [0.1, 0.15) is 36.3 Å². The van der Waals surface area contributed by atoms with Crippen LogP contribution in [0.3, 0.4) is 0 Å². The van der Waals surface area contributed by atoms with Crippen LogP contribution in [-0.4, -0.2) is 11.5 Å². The van der Waals surface area contributed by atoms with Gasteiger partial charge in [0, 0.05) is 11.4 Å². The molecule has 14 heavy (non-hydrogen) atoms. The Morgan fingerprint density at radius 2 is 2.21 bits per heavy atom. The van der Waals surface area contributed by atoms with E-state index in [4.69, 9.17) is 0 Å². The SMILES string of the molecule is Cc1nc(NCCC2CCC2)sc1C. The van der Waals surface area contributed by atoms with E-state index >= 15 is 0 Å². The van der Waals surface area contributed by atoms with Gasteiger partial charge in [-0.1, -0.05) is 19.3 Å². The lowest BCUT2D eigenvalue weighted by molar-refractivity contribution is 0.303. The number of hydrogen-bond acceptors (Lipinski definition) is 3. The van der Waals surface area contributed by atoms with Crippen molar-refractivity contribution in [2.75, 3.05) is 11.9 Å². The predicted molar refractivity (Wildman–Crippen MR) is 62.0 cm³/mol. The van der Waals surface area contributed by atoms with Crippen molar-refractivity contribution < 1.29 is 0 Å². The van der Waals surface area contributed by atoms with Crippen LogP contribution in [0.5, 0.6) is 0 Å². The molecule has 1 aromatic heterocycles. The third kappa shape index (κ3) is 2.27. The summed E-state index contributed by atoms with van der Waals surface area (Å²) in [7, 11) is 0. The second kappa shape index (κ2) is 4.30. The van der Waals surface area contributed by atoms with Gasteiger partial charge in [-0.15, -0.1) is 11.3 Å². The monoisotopic (exact) mass is 210 g/mol. The summed E-state index contributed by atoms with van der Waals surface area (Å²) >= 11 is 1.77. The van der Waals surface area contributed by atoms with E-state index in [1.807, 2.05) is 0 Å². The number of anilines is 1. The van der Waals surface area contributed by atoms with Crippen LogP contribution in [0.2, 0.25) is 0 Å². The Bertz CT molecular complexity index is 283. The molecule has 0 radical (unpaired) electrons. The molecular weight excluding hydrogens is 192 g/mol. The van der Waals surface area contributed by atoms with E-state index in [0.29, 0.717) is 0 Å². The zero-order valence-electron chi connectivity index (χ0n) is 8.97. The van der Waals surface area contributed by atoms with Crippen molar-refractivity contribution >= 4 is 16.5 Å². The minimum Gasteiger partial charge on any atom is -0.361 e. The molecule has 1 saturated carbocycles. The topological polar surface area (TPSA) is 24.9 Å². The molecule has 0 amide bonds. The highest BCUT2D eigenvalue weighted by atomic mass is 32.1. The Labute approximate surface area is 89.8 Å². The number of aromatic nitrogens is 1. The van der Waals surface area contributed by atoms with Gasteiger partial charge in [-0.25, -0.2) is 4.98 Å². The Hall–Kier alpha value is -0.570. The smallest absolute Gasteiger partial charge is 0.183 e. The van der Waals surface area contributed by atoms with Crippen molar-refractivity contribution in [3.05, 3.63) is 10.6 Å². The molecule has 0 bridgehead atoms. The molecule has 0 atom stereocenters. The first-order chi connectivity index (χ1) is 6.75. The van der Waals surface area contributed by atoms with E-state index in [0.717, 1.165) is 17.6 Å². The fourth-order valence-electron chi connectivity index (χ4n) is 1.71. The zero-order chi connectivity index (χ0) is 9.97. The fourth-order valence-corrected chi connectivity index (χ4v) is 2.55. The number of rotatable bonds is 4. The van der Waals surface area contributed by atoms with Crippen LogP contribution in [0.25, 0.3) is 0 Å². The standard InChI is InChI=1S/C11H18N2S/c1-8-9(2)14-11(13-8)12-7-6-10-4-3-5-10/h10H,3-7H2,1-2H3,(H,12,13). The third-order valence-electron chi connectivity index (χ3n) is 3.08. The van der Waals surface area contributed by atoms with Gasteiger partial charge in [0.1, 0.15) is 0 Å². The number of nitrogens with one attached hydrogen (secondary N) is 1. The summed E-state index contributed by atoms with van der Waals surface area (Å²) in [6, 6.07) is 0. The van der Waals surface area contributed by atoms with Crippen molar-refractivity contribution in [1.82, 2.24) is 4.98 Å². The summed E-state index contributed by atoms with van der Waals surface area (Å²) in [5.41, 5.74) is 1.17. The molecule has 78 valence electrons. The molecule has 0 unspecified atom stereocenters. The summed E-state index contributed by atoms with van der Waals surface area (Å²) in [5.74, 6) is 0.990. The number of hydrogen-bond donors (Lipinski definition) is 1. The van der Waals surface area contributed by atoms with Gasteiger partial charge in [-0.3, -0.25) is 0 Å². The molecule has 0 saturated heterocycles. The molecule has 0 aliphatic heterocycles. The molecule has 1 fully saturated rings. The van der Waals surface area contributed by atoms with Crippen molar-refractivity contribution in [1.29, 1.82) is 0 Å². The maximum absolute atomic E-state index is 4.46. The van der Waals surface area contributed by atoms with E-state index in [2.05, 4.69) is 24.1 Å². The summed E-state index contributed by atoms with van der Waals surface area (Å²) in [6.07, 6.45) is 5.65. The van der Waals surface area contributed by atoms with E-state index in [9.17, 15) is 0 Å². The average Bonchev–Trinajstić information content (AvgIpc) is 2.37. The normalized spacial score (nSPS) is 16.7. The zero-order valence-corrected chi connectivity index (χ0v) is 9.78. The molecule has 2 nitrogen and oxygen atoms in total. The molecule has 1 aliphatic rings. The first kappa shape index (κ1) is 9.97. The second-order valence-corrected chi connectivity index (χ2v) is 5.38. The molecule has 0 spiro atoms.